The number of pyridine rings is 1. The van der Waals surface area contributed by atoms with Crippen LogP contribution in [0.15, 0.2) is 18.3 Å². The maximum Gasteiger partial charge on any atom is 0.0406 e. The van der Waals surface area contributed by atoms with Crippen LogP contribution in [0.1, 0.15) is 31.0 Å². The minimum atomic E-state index is 0.908. The van der Waals surface area contributed by atoms with Crippen molar-refractivity contribution in [3.8, 4) is 0 Å². The number of hydrogen-bond donors (Lipinski definition) is 0. The monoisotopic (exact) mass is 175 g/mol. The highest BCUT2D eigenvalue weighted by atomic mass is 14.7. The van der Waals surface area contributed by atoms with Gasteiger partial charge in [-0.3, -0.25) is 4.98 Å². The van der Waals surface area contributed by atoms with E-state index in [1.165, 1.54) is 30.5 Å². The maximum absolute atomic E-state index is 4.43. The molecule has 1 aliphatic rings. The molecular weight excluding hydrogens is 158 g/mol. The Balaban J connectivity index is 1.91. The summed E-state index contributed by atoms with van der Waals surface area (Å²) >= 11 is 0. The van der Waals surface area contributed by atoms with E-state index in [1.807, 2.05) is 6.20 Å². The third kappa shape index (κ3) is 2.09. The van der Waals surface area contributed by atoms with Crippen LogP contribution in [-0.4, -0.2) is 4.98 Å². The number of rotatable bonds is 2. The summed E-state index contributed by atoms with van der Waals surface area (Å²) < 4.78 is 0. The zero-order valence-corrected chi connectivity index (χ0v) is 8.46. The first-order valence-electron chi connectivity index (χ1n) is 5.15. The Morgan fingerprint density at radius 3 is 2.69 bits per heavy atom. The molecule has 0 spiro atoms. The highest BCUT2D eigenvalue weighted by Crippen LogP contribution is 2.34. The van der Waals surface area contributed by atoms with Gasteiger partial charge in [-0.25, -0.2) is 0 Å². The van der Waals surface area contributed by atoms with Crippen LogP contribution < -0.4 is 0 Å². The summed E-state index contributed by atoms with van der Waals surface area (Å²) in [5.74, 6) is 1.86. The molecule has 0 aromatic carbocycles. The standard InChI is InChI=1S/C12H17N/c1-9-3-4-12(13-8-9)7-11-5-10(2)6-11/h3-4,8,10-11H,5-7H2,1-2H3. The SMILES string of the molecule is Cc1ccc(CC2CC(C)C2)nc1. The Morgan fingerprint density at radius 2 is 2.15 bits per heavy atom. The third-order valence-electron chi connectivity index (χ3n) is 2.94. The van der Waals surface area contributed by atoms with Gasteiger partial charge in [-0.1, -0.05) is 13.0 Å². The van der Waals surface area contributed by atoms with E-state index in [1.54, 1.807) is 0 Å². The molecular formula is C12H17N. The van der Waals surface area contributed by atoms with Gasteiger partial charge in [-0.05, 0) is 49.7 Å². The van der Waals surface area contributed by atoms with Crippen LogP contribution in [0.5, 0.6) is 0 Å². The van der Waals surface area contributed by atoms with Crippen LogP contribution in [0.25, 0.3) is 0 Å². The van der Waals surface area contributed by atoms with Gasteiger partial charge < -0.3 is 0 Å². The van der Waals surface area contributed by atoms with Crippen molar-refractivity contribution in [3.63, 3.8) is 0 Å². The fraction of sp³-hybridized carbons (Fsp3) is 0.583. The van der Waals surface area contributed by atoms with E-state index in [4.69, 9.17) is 0 Å². The first-order valence-corrected chi connectivity index (χ1v) is 5.15. The van der Waals surface area contributed by atoms with Gasteiger partial charge in [-0.2, -0.15) is 0 Å². The quantitative estimate of drug-likeness (QED) is 0.673. The van der Waals surface area contributed by atoms with E-state index in [0.717, 1.165) is 11.8 Å². The van der Waals surface area contributed by atoms with Gasteiger partial charge in [0.1, 0.15) is 0 Å². The molecule has 1 fully saturated rings. The average Bonchev–Trinajstić information content (AvgIpc) is 2.06. The fourth-order valence-electron chi connectivity index (χ4n) is 2.15. The predicted octanol–water partition coefficient (Wildman–Crippen LogP) is 2.98. The van der Waals surface area contributed by atoms with Crippen LogP contribution in [-0.2, 0) is 6.42 Å². The number of aromatic nitrogens is 1. The largest absolute Gasteiger partial charge is 0.261 e. The van der Waals surface area contributed by atoms with Gasteiger partial charge in [0.15, 0.2) is 0 Å². The van der Waals surface area contributed by atoms with E-state index < -0.39 is 0 Å². The van der Waals surface area contributed by atoms with Crippen molar-refractivity contribution in [1.29, 1.82) is 0 Å². The predicted molar refractivity (Wildman–Crippen MR) is 54.6 cm³/mol. The minimum absolute atomic E-state index is 0.908. The molecule has 0 bridgehead atoms. The first-order chi connectivity index (χ1) is 6.24. The molecule has 0 radical (unpaired) electrons. The Morgan fingerprint density at radius 1 is 1.38 bits per heavy atom. The molecule has 0 N–H and O–H groups in total. The smallest absolute Gasteiger partial charge is 0.0406 e. The number of nitrogens with zero attached hydrogens (tertiary/aromatic N) is 1. The van der Waals surface area contributed by atoms with Gasteiger partial charge in [0.05, 0.1) is 0 Å². The van der Waals surface area contributed by atoms with E-state index in [0.29, 0.717) is 0 Å². The highest BCUT2D eigenvalue weighted by Gasteiger charge is 2.25. The van der Waals surface area contributed by atoms with Crippen molar-refractivity contribution in [2.45, 2.75) is 33.1 Å². The normalized spacial score (nSPS) is 26.9. The summed E-state index contributed by atoms with van der Waals surface area (Å²) in [6.07, 6.45) is 5.95. The molecule has 1 saturated carbocycles. The second-order valence-electron chi connectivity index (χ2n) is 4.47. The van der Waals surface area contributed by atoms with Crippen LogP contribution in [0.4, 0.5) is 0 Å². The Kier molecular flexibility index (Phi) is 2.34. The summed E-state index contributed by atoms with van der Waals surface area (Å²) in [7, 11) is 0. The summed E-state index contributed by atoms with van der Waals surface area (Å²) in [6, 6.07) is 4.32. The molecule has 0 amide bonds. The Bertz CT molecular complexity index is 270. The van der Waals surface area contributed by atoms with E-state index >= 15 is 0 Å². The number of aryl methyl sites for hydroxylation is 1. The van der Waals surface area contributed by atoms with E-state index in [2.05, 4.69) is 31.0 Å². The summed E-state index contributed by atoms with van der Waals surface area (Å²) in [4.78, 5) is 4.43. The molecule has 1 nitrogen and oxygen atoms in total. The van der Waals surface area contributed by atoms with Gasteiger partial charge in [0, 0.05) is 11.9 Å². The summed E-state index contributed by atoms with van der Waals surface area (Å²) in [5, 5.41) is 0. The molecule has 1 aliphatic carbocycles. The molecule has 2 rings (SSSR count). The zero-order valence-electron chi connectivity index (χ0n) is 8.46. The molecule has 0 atom stereocenters. The summed E-state index contributed by atoms with van der Waals surface area (Å²) in [6.45, 7) is 4.42. The van der Waals surface area contributed by atoms with E-state index in [9.17, 15) is 0 Å². The molecule has 1 aromatic rings. The first kappa shape index (κ1) is 8.74. The van der Waals surface area contributed by atoms with Crippen LogP contribution >= 0.6 is 0 Å². The highest BCUT2D eigenvalue weighted by molar-refractivity contribution is 5.13. The van der Waals surface area contributed by atoms with Crippen molar-refractivity contribution in [1.82, 2.24) is 4.98 Å². The second-order valence-corrected chi connectivity index (χ2v) is 4.47. The molecule has 70 valence electrons. The van der Waals surface area contributed by atoms with Gasteiger partial charge in [-0.15, -0.1) is 0 Å². The van der Waals surface area contributed by atoms with Gasteiger partial charge in [0.2, 0.25) is 0 Å². The zero-order chi connectivity index (χ0) is 9.26. The molecule has 0 aliphatic heterocycles. The molecule has 1 aromatic heterocycles. The number of hydrogen-bond acceptors (Lipinski definition) is 1. The lowest BCUT2D eigenvalue weighted by molar-refractivity contribution is 0.210. The van der Waals surface area contributed by atoms with Crippen LogP contribution in [0.2, 0.25) is 0 Å². The molecule has 1 heterocycles. The fourth-order valence-corrected chi connectivity index (χ4v) is 2.15. The van der Waals surface area contributed by atoms with Crippen molar-refractivity contribution in [2.24, 2.45) is 11.8 Å². The Labute approximate surface area is 80.2 Å². The average molecular weight is 175 g/mol. The van der Waals surface area contributed by atoms with Crippen molar-refractivity contribution < 1.29 is 0 Å². The Hall–Kier alpha value is -0.850. The van der Waals surface area contributed by atoms with Gasteiger partial charge >= 0.3 is 0 Å². The van der Waals surface area contributed by atoms with E-state index in [-0.39, 0.29) is 0 Å². The molecule has 0 saturated heterocycles. The van der Waals surface area contributed by atoms with Crippen molar-refractivity contribution in [2.75, 3.05) is 0 Å². The molecule has 0 unspecified atom stereocenters. The topological polar surface area (TPSA) is 12.9 Å². The lowest BCUT2D eigenvalue weighted by Crippen LogP contribution is -2.23. The second kappa shape index (κ2) is 3.49. The van der Waals surface area contributed by atoms with Crippen LogP contribution in [0, 0.1) is 18.8 Å². The lowest BCUT2D eigenvalue weighted by atomic mass is 9.74. The van der Waals surface area contributed by atoms with Gasteiger partial charge in [0.25, 0.3) is 0 Å². The lowest BCUT2D eigenvalue weighted by Gasteiger charge is -2.32. The molecule has 13 heavy (non-hydrogen) atoms. The summed E-state index contributed by atoms with van der Waals surface area (Å²) in [5.41, 5.74) is 2.52. The maximum atomic E-state index is 4.43. The van der Waals surface area contributed by atoms with Crippen molar-refractivity contribution >= 4 is 0 Å². The third-order valence-corrected chi connectivity index (χ3v) is 2.94. The molecule has 1 heteroatoms. The van der Waals surface area contributed by atoms with Crippen LogP contribution in [0.3, 0.4) is 0 Å². The van der Waals surface area contributed by atoms with Crippen molar-refractivity contribution in [3.05, 3.63) is 29.6 Å². The minimum Gasteiger partial charge on any atom is -0.261 e.